The summed E-state index contributed by atoms with van der Waals surface area (Å²) in [6.45, 7) is 4.41. The molecule has 116 valence electrons. The van der Waals surface area contributed by atoms with Crippen molar-refractivity contribution in [1.82, 2.24) is 0 Å². The quantitative estimate of drug-likeness (QED) is 0.382. The number of hydrogen-bond acceptors (Lipinski definition) is 0. The third kappa shape index (κ3) is 2.41. The van der Waals surface area contributed by atoms with Crippen molar-refractivity contribution >= 4 is 10.8 Å². The van der Waals surface area contributed by atoms with Crippen LogP contribution in [0, 0.1) is 13.8 Å². The van der Waals surface area contributed by atoms with Crippen LogP contribution in [-0.4, -0.2) is 0 Å². The normalized spacial score (nSPS) is 10.9. The molecule has 0 spiro atoms. The van der Waals surface area contributed by atoms with Crippen LogP contribution >= 0.6 is 0 Å². The van der Waals surface area contributed by atoms with Gasteiger partial charge in [-0.3, -0.25) is 0 Å². The maximum Gasteiger partial charge on any atom is -0.00215 e. The van der Waals surface area contributed by atoms with E-state index in [1.54, 1.807) is 0 Å². The molecule has 0 unspecified atom stereocenters. The van der Waals surface area contributed by atoms with E-state index < -0.39 is 0 Å². The molecule has 0 fully saturated rings. The Morgan fingerprint density at radius 2 is 0.875 bits per heavy atom. The first-order valence-electron chi connectivity index (χ1n) is 8.39. The summed E-state index contributed by atoms with van der Waals surface area (Å²) < 4.78 is 0. The second kappa shape index (κ2) is 5.98. The molecule has 0 aliphatic heterocycles. The second-order valence-corrected chi connectivity index (χ2v) is 6.35. The highest BCUT2D eigenvalue weighted by Crippen LogP contribution is 2.40. The Labute approximate surface area is 143 Å². The van der Waals surface area contributed by atoms with Gasteiger partial charge in [-0.1, -0.05) is 84.9 Å². The van der Waals surface area contributed by atoms with E-state index in [0.29, 0.717) is 0 Å². The average molecular weight is 308 g/mol. The molecule has 0 saturated carbocycles. The SMILES string of the molecule is Cc1ccc2ccc(C)c(-c3ccccc3)c2c1-c1ccccc1. The molecule has 0 aliphatic rings. The summed E-state index contributed by atoms with van der Waals surface area (Å²) in [6.07, 6.45) is 0. The Hall–Kier alpha value is -2.86. The zero-order valence-electron chi connectivity index (χ0n) is 14.1. The zero-order valence-corrected chi connectivity index (χ0v) is 14.1. The molecule has 0 N–H and O–H groups in total. The van der Waals surface area contributed by atoms with Gasteiger partial charge in [-0.25, -0.2) is 0 Å². The van der Waals surface area contributed by atoms with Gasteiger partial charge in [0.25, 0.3) is 0 Å². The minimum Gasteiger partial charge on any atom is -0.0622 e. The minimum absolute atomic E-state index is 1.28. The third-order valence-electron chi connectivity index (χ3n) is 4.73. The molecule has 4 aromatic rings. The molecular formula is C24H20. The first kappa shape index (κ1) is 14.7. The number of rotatable bonds is 2. The summed E-state index contributed by atoms with van der Waals surface area (Å²) >= 11 is 0. The molecular weight excluding hydrogens is 288 g/mol. The molecule has 4 rings (SSSR count). The van der Waals surface area contributed by atoms with Crippen molar-refractivity contribution in [2.75, 3.05) is 0 Å². The number of fused-ring (bicyclic) bond motifs is 1. The van der Waals surface area contributed by atoms with Crippen molar-refractivity contribution in [3.63, 3.8) is 0 Å². The number of hydrogen-bond donors (Lipinski definition) is 0. The average Bonchev–Trinajstić information content (AvgIpc) is 2.63. The number of benzene rings is 4. The summed E-state index contributed by atoms with van der Waals surface area (Å²) in [5.74, 6) is 0. The largest absolute Gasteiger partial charge is 0.0622 e. The first-order valence-corrected chi connectivity index (χ1v) is 8.39. The van der Waals surface area contributed by atoms with Crippen molar-refractivity contribution in [1.29, 1.82) is 0 Å². The van der Waals surface area contributed by atoms with Gasteiger partial charge >= 0.3 is 0 Å². The van der Waals surface area contributed by atoms with Crippen molar-refractivity contribution in [2.24, 2.45) is 0 Å². The predicted molar refractivity (Wildman–Crippen MR) is 104 cm³/mol. The van der Waals surface area contributed by atoms with Crippen LogP contribution in [-0.2, 0) is 0 Å². The molecule has 0 saturated heterocycles. The highest BCUT2D eigenvalue weighted by Gasteiger charge is 2.14. The van der Waals surface area contributed by atoms with Crippen LogP contribution in [0.25, 0.3) is 33.0 Å². The molecule has 0 nitrogen and oxygen atoms in total. The van der Waals surface area contributed by atoms with E-state index in [4.69, 9.17) is 0 Å². The van der Waals surface area contributed by atoms with E-state index in [2.05, 4.69) is 98.8 Å². The van der Waals surface area contributed by atoms with E-state index in [1.807, 2.05) is 0 Å². The standard InChI is InChI=1S/C24H20/c1-17-13-15-21-16-14-18(2)23(20-11-7-4-8-12-20)24(21)22(17)19-9-5-3-6-10-19/h3-16H,1-2H3. The molecule has 0 heterocycles. The van der Waals surface area contributed by atoms with Gasteiger partial charge in [-0.05, 0) is 58.0 Å². The highest BCUT2D eigenvalue weighted by molar-refractivity contribution is 6.08. The maximum absolute atomic E-state index is 2.24. The van der Waals surface area contributed by atoms with Crippen molar-refractivity contribution < 1.29 is 0 Å². The Balaban J connectivity index is 2.17. The monoisotopic (exact) mass is 308 g/mol. The van der Waals surface area contributed by atoms with Gasteiger partial charge in [0.2, 0.25) is 0 Å². The summed E-state index contributed by atoms with van der Waals surface area (Å²) in [4.78, 5) is 0. The van der Waals surface area contributed by atoms with Crippen LogP contribution in [0.1, 0.15) is 11.1 Å². The molecule has 0 aromatic heterocycles. The summed E-state index contributed by atoms with van der Waals surface area (Å²) in [5.41, 5.74) is 7.88. The summed E-state index contributed by atoms with van der Waals surface area (Å²) in [6, 6.07) is 30.4. The molecule has 24 heavy (non-hydrogen) atoms. The Morgan fingerprint density at radius 3 is 1.29 bits per heavy atom. The van der Waals surface area contributed by atoms with E-state index in [1.165, 1.54) is 44.2 Å². The van der Waals surface area contributed by atoms with Gasteiger partial charge in [-0.2, -0.15) is 0 Å². The van der Waals surface area contributed by atoms with Gasteiger partial charge in [-0.15, -0.1) is 0 Å². The smallest absolute Gasteiger partial charge is 0.00215 e. The fraction of sp³-hybridized carbons (Fsp3) is 0.0833. The summed E-state index contributed by atoms with van der Waals surface area (Å²) in [7, 11) is 0. The van der Waals surface area contributed by atoms with Gasteiger partial charge in [0, 0.05) is 0 Å². The van der Waals surface area contributed by atoms with Gasteiger partial charge < -0.3 is 0 Å². The highest BCUT2D eigenvalue weighted by atomic mass is 14.2. The summed E-state index contributed by atoms with van der Waals surface area (Å²) in [5, 5.41) is 2.65. The third-order valence-corrected chi connectivity index (χ3v) is 4.73. The Bertz CT molecular complexity index is 916. The van der Waals surface area contributed by atoms with E-state index >= 15 is 0 Å². The molecule has 0 heteroatoms. The molecule has 0 radical (unpaired) electrons. The van der Waals surface area contributed by atoms with Crippen LogP contribution in [0.5, 0.6) is 0 Å². The maximum atomic E-state index is 2.24. The van der Waals surface area contributed by atoms with Gasteiger partial charge in [0.05, 0.1) is 0 Å². The van der Waals surface area contributed by atoms with Crippen molar-refractivity contribution in [3.05, 3.63) is 96.1 Å². The van der Waals surface area contributed by atoms with E-state index in [-0.39, 0.29) is 0 Å². The lowest BCUT2D eigenvalue weighted by Gasteiger charge is -2.17. The molecule has 0 amide bonds. The Kier molecular flexibility index (Phi) is 3.66. The molecule has 4 aromatic carbocycles. The van der Waals surface area contributed by atoms with E-state index in [9.17, 15) is 0 Å². The topological polar surface area (TPSA) is 0 Å². The number of aryl methyl sites for hydroxylation is 2. The lowest BCUT2D eigenvalue weighted by molar-refractivity contribution is 1.45. The van der Waals surface area contributed by atoms with Crippen LogP contribution in [0.3, 0.4) is 0 Å². The van der Waals surface area contributed by atoms with Crippen LogP contribution in [0.15, 0.2) is 84.9 Å². The lowest BCUT2D eigenvalue weighted by atomic mass is 9.87. The van der Waals surface area contributed by atoms with Gasteiger partial charge in [0.1, 0.15) is 0 Å². The predicted octanol–water partition coefficient (Wildman–Crippen LogP) is 6.79. The minimum atomic E-state index is 1.28. The van der Waals surface area contributed by atoms with Crippen LogP contribution < -0.4 is 0 Å². The fourth-order valence-corrected chi connectivity index (χ4v) is 3.58. The fourth-order valence-electron chi connectivity index (χ4n) is 3.58. The van der Waals surface area contributed by atoms with Crippen LogP contribution in [0.4, 0.5) is 0 Å². The molecule has 0 bridgehead atoms. The second-order valence-electron chi connectivity index (χ2n) is 6.35. The van der Waals surface area contributed by atoms with E-state index in [0.717, 1.165) is 0 Å². The van der Waals surface area contributed by atoms with Crippen molar-refractivity contribution in [2.45, 2.75) is 13.8 Å². The molecule has 0 aliphatic carbocycles. The van der Waals surface area contributed by atoms with Crippen LogP contribution in [0.2, 0.25) is 0 Å². The van der Waals surface area contributed by atoms with Crippen molar-refractivity contribution in [3.8, 4) is 22.3 Å². The Morgan fingerprint density at radius 1 is 0.458 bits per heavy atom. The van der Waals surface area contributed by atoms with Gasteiger partial charge in [0.15, 0.2) is 0 Å². The lowest BCUT2D eigenvalue weighted by Crippen LogP contribution is -1.92. The molecule has 0 atom stereocenters. The first-order chi connectivity index (χ1) is 11.8. The zero-order chi connectivity index (χ0) is 16.5.